The molecule has 0 aliphatic carbocycles. The van der Waals surface area contributed by atoms with Crippen LogP contribution in [0.3, 0.4) is 0 Å². The molecule has 0 atom stereocenters. The predicted molar refractivity (Wildman–Crippen MR) is 137 cm³/mol. The molecule has 0 aliphatic rings. The maximum Gasteiger partial charge on any atom is 0.339 e. The van der Waals surface area contributed by atoms with Gasteiger partial charge in [-0.25, -0.2) is 0 Å². The second-order valence-electron chi connectivity index (χ2n) is 8.35. The number of hydrogen-bond donors (Lipinski definition) is 0. The van der Waals surface area contributed by atoms with Gasteiger partial charge in [-0.05, 0) is 54.8 Å². The smallest absolute Gasteiger partial charge is 0.339 e. The van der Waals surface area contributed by atoms with Gasteiger partial charge in [-0.3, -0.25) is 4.79 Å². The molecule has 1 heterocycles. The van der Waals surface area contributed by atoms with Gasteiger partial charge in [-0.1, -0.05) is 72.3 Å². The molecule has 6 heteroatoms. The molecule has 0 unspecified atom stereocenters. The Hall–Kier alpha value is -4.16. The maximum absolute atomic E-state index is 13.2. The van der Waals surface area contributed by atoms with E-state index in [-0.39, 0.29) is 21.6 Å². The number of rotatable bonds is 5. The van der Waals surface area contributed by atoms with Crippen molar-refractivity contribution in [1.82, 2.24) is 0 Å². The summed E-state index contributed by atoms with van der Waals surface area (Å²) in [5.41, 5.74) is 4.05. The minimum atomic E-state index is -4.19. The van der Waals surface area contributed by atoms with Gasteiger partial charge >= 0.3 is 10.1 Å². The Morgan fingerprint density at radius 1 is 0.743 bits per heavy atom. The van der Waals surface area contributed by atoms with Crippen LogP contribution in [-0.2, 0) is 10.1 Å². The van der Waals surface area contributed by atoms with Gasteiger partial charge in [-0.2, -0.15) is 8.42 Å². The lowest BCUT2D eigenvalue weighted by atomic mass is 9.99. The quantitative estimate of drug-likeness (QED) is 0.267. The first kappa shape index (κ1) is 22.6. The minimum absolute atomic E-state index is 0.00263. The Labute approximate surface area is 203 Å². The minimum Gasteiger partial charge on any atom is -0.456 e. The Kier molecular flexibility index (Phi) is 5.75. The fourth-order valence-corrected chi connectivity index (χ4v) is 4.92. The topological polar surface area (TPSA) is 73.6 Å². The fourth-order valence-electron chi connectivity index (χ4n) is 3.99. The Morgan fingerprint density at radius 3 is 2.14 bits per heavy atom. The van der Waals surface area contributed by atoms with Crippen LogP contribution < -0.4 is 9.61 Å². The molecule has 174 valence electrons. The van der Waals surface area contributed by atoms with Crippen molar-refractivity contribution in [2.75, 3.05) is 0 Å². The monoisotopic (exact) mass is 482 g/mol. The summed E-state index contributed by atoms with van der Waals surface area (Å²) < 4.78 is 37.9. The van der Waals surface area contributed by atoms with Crippen molar-refractivity contribution in [2.24, 2.45) is 0 Å². The van der Waals surface area contributed by atoms with Crippen LogP contribution in [0.2, 0.25) is 0 Å². The third-order valence-electron chi connectivity index (χ3n) is 5.82. The van der Waals surface area contributed by atoms with E-state index >= 15 is 0 Å². The van der Waals surface area contributed by atoms with Crippen LogP contribution in [0.5, 0.6) is 5.75 Å². The highest BCUT2D eigenvalue weighted by Crippen LogP contribution is 2.35. The standard InChI is InChI=1S/C29H22O5S/c1-19-12-14-23(15-13-19)35(31,32)34-28-17-22(24-11-7-6-8-20(24)2)16-27-29(28)25(30)18-26(33-27)21-9-4-3-5-10-21/h3-18H,1-2H3. The van der Waals surface area contributed by atoms with Crippen molar-refractivity contribution in [3.05, 3.63) is 118 Å². The summed E-state index contributed by atoms with van der Waals surface area (Å²) >= 11 is 0. The van der Waals surface area contributed by atoms with Crippen LogP contribution in [0, 0.1) is 13.8 Å². The van der Waals surface area contributed by atoms with E-state index in [1.54, 1.807) is 24.3 Å². The first-order valence-corrected chi connectivity index (χ1v) is 12.5. The molecule has 0 spiro atoms. The van der Waals surface area contributed by atoms with E-state index in [0.717, 1.165) is 22.3 Å². The second-order valence-corrected chi connectivity index (χ2v) is 9.90. The van der Waals surface area contributed by atoms with Crippen LogP contribution in [-0.4, -0.2) is 8.42 Å². The van der Waals surface area contributed by atoms with Crippen LogP contribution >= 0.6 is 0 Å². The molecule has 0 bridgehead atoms. The van der Waals surface area contributed by atoms with Crippen molar-refractivity contribution >= 4 is 21.1 Å². The molecular formula is C29H22O5S. The zero-order chi connectivity index (χ0) is 24.6. The zero-order valence-corrected chi connectivity index (χ0v) is 20.0. The van der Waals surface area contributed by atoms with Gasteiger partial charge in [0.05, 0.1) is 0 Å². The van der Waals surface area contributed by atoms with Crippen molar-refractivity contribution in [1.29, 1.82) is 0 Å². The number of fused-ring (bicyclic) bond motifs is 1. The summed E-state index contributed by atoms with van der Waals surface area (Å²) in [6, 6.07) is 28.0. The fraction of sp³-hybridized carbons (Fsp3) is 0.0690. The number of benzene rings is 4. The molecule has 4 aromatic carbocycles. The molecule has 0 amide bonds. The summed E-state index contributed by atoms with van der Waals surface area (Å²) in [5.74, 6) is 0.312. The summed E-state index contributed by atoms with van der Waals surface area (Å²) in [7, 11) is -4.19. The van der Waals surface area contributed by atoms with E-state index in [1.807, 2.05) is 68.4 Å². The second kappa shape index (κ2) is 8.89. The molecule has 1 aromatic heterocycles. The van der Waals surface area contributed by atoms with Gasteiger partial charge in [0.15, 0.2) is 11.2 Å². The molecular weight excluding hydrogens is 460 g/mol. The molecule has 5 nitrogen and oxygen atoms in total. The lowest BCUT2D eigenvalue weighted by Crippen LogP contribution is -2.12. The lowest BCUT2D eigenvalue weighted by Gasteiger charge is -2.13. The number of aryl methyl sites for hydroxylation is 2. The molecule has 0 fully saturated rings. The zero-order valence-electron chi connectivity index (χ0n) is 19.2. The number of hydrogen-bond acceptors (Lipinski definition) is 5. The molecule has 0 N–H and O–H groups in total. The Bertz CT molecular complexity index is 1700. The van der Waals surface area contributed by atoms with Gasteiger partial charge in [-0.15, -0.1) is 0 Å². The maximum atomic E-state index is 13.2. The van der Waals surface area contributed by atoms with Crippen molar-refractivity contribution in [2.45, 2.75) is 18.7 Å². The van der Waals surface area contributed by atoms with Gasteiger partial charge < -0.3 is 8.60 Å². The Balaban J connectivity index is 1.74. The first-order chi connectivity index (χ1) is 16.8. The summed E-state index contributed by atoms with van der Waals surface area (Å²) in [6.45, 7) is 3.83. The molecule has 5 rings (SSSR count). The van der Waals surface area contributed by atoms with Crippen LogP contribution in [0.15, 0.2) is 111 Å². The average molecular weight is 483 g/mol. The summed E-state index contributed by atoms with van der Waals surface area (Å²) in [4.78, 5) is 13.2. The van der Waals surface area contributed by atoms with Gasteiger partial charge in [0.25, 0.3) is 0 Å². The van der Waals surface area contributed by atoms with Crippen molar-refractivity contribution < 1.29 is 17.0 Å². The van der Waals surface area contributed by atoms with E-state index in [2.05, 4.69) is 0 Å². The van der Waals surface area contributed by atoms with Crippen LogP contribution in [0.25, 0.3) is 33.4 Å². The van der Waals surface area contributed by atoms with E-state index in [1.165, 1.54) is 18.2 Å². The van der Waals surface area contributed by atoms with E-state index in [9.17, 15) is 13.2 Å². The highest BCUT2D eigenvalue weighted by Gasteiger charge is 2.22. The van der Waals surface area contributed by atoms with Crippen LogP contribution in [0.4, 0.5) is 0 Å². The van der Waals surface area contributed by atoms with Gasteiger partial charge in [0.2, 0.25) is 0 Å². The first-order valence-electron chi connectivity index (χ1n) is 11.1. The highest BCUT2D eigenvalue weighted by atomic mass is 32.2. The lowest BCUT2D eigenvalue weighted by molar-refractivity contribution is 0.488. The average Bonchev–Trinajstić information content (AvgIpc) is 2.84. The van der Waals surface area contributed by atoms with E-state index in [0.29, 0.717) is 11.3 Å². The largest absolute Gasteiger partial charge is 0.456 e. The third kappa shape index (κ3) is 4.48. The molecule has 0 saturated heterocycles. The third-order valence-corrected chi connectivity index (χ3v) is 7.07. The molecule has 5 aromatic rings. The predicted octanol–water partition coefficient (Wildman–Crippen LogP) is 6.51. The summed E-state index contributed by atoms with van der Waals surface area (Å²) in [5, 5.41) is 0.0673. The molecule has 0 saturated carbocycles. The molecule has 0 aliphatic heterocycles. The van der Waals surface area contributed by atoms with Gasteiger partial charge in [0, 0.05) is 11.6 Å². The normalized spacial score (nSPS) is 11.5. The molecule has 0 radical (unpaired) electrons. The van der Waals surface area contributed by atoms with Crippen molar-refractivity contribution in [3.63, 3.8) is 0 Å². The van der Waals surface area contributed by atoms with E-state index < -0.39 is 15.5 Å². The Morgan fingerprint density at radius 2 is 1.43 bits per heavy atom. The molecule has 35 heavy (non-hydrogen) atoms. The van der Waals surface area contributed by atoms with Gasteiger partial charge in [0.1, 0.15) is 21.6 Å². The SMILES string of the molecule is Cc1ccc(S(=O)(=O)Oc2cc(-c3ccccc3C)cc3oc(-c4ccccc4)cc(=O)c23)cc1. The van der Waals surface area contributed by atoms with Crippen molar-refractivity contribution in [3.8, 4) is 28.2 Å². The highest BCUT2D eigenvalue weighted by molar-refractivity contribution is 7.87. The summed E-state index contributed by atoms with van der Waals surface area (Å²) in [6.07, 6.45) is 0. The van der Waals surface area contributed by atoms with E-state index in [4.69, 9.17) is 8.60 Å². The van der Waals surface area contributed by atoms with Crippen LogP contribution in [0.1, 0.15) is 11.1 Å².